The number of benzene rings is 2. The van der Waals surface area contributed by atoms with Crippen LogP contribution < -0.4 is 10.1 Å². The topological polar surface area (TPSA) is 51.2 Å². The van der Waals surface area contributed by atoms with E-state index in [0.29, 0.717) is 23.6 Å². The third-order valence-corrected chi connectivity index (χ3v) is 4.36. The second-order valence-corrected chi connectivity index (χ2v) is 6.36. The largest absolute Gasteiger partial charge is 0.489 e. The van der Waals surface area contributed by atoms with E-state index in [-0.39, 0.29) is 5.78 Å². The Labute approximate surface area is 160 Å². The zero-order valence-corrected chi connectivity index (χ0v) is 15.7. The van der Waals surface area contributed by atoms with Crippen LogP contribution in [0.5, 0.6) is 5.75 Å². The van der Waals surface area contributed by atoms with Crippen molar-refractivity contribution in [3.63, 3.8) is 0 Å². The van der Waals surface area contributed by atoms with Gasteiger partial charge in [0.2, 0.25) is 0 Å². The molecule has 138 valence electrons. The molecule has 0 aliphatic carbocycles. The lowest BCUT2D eigenvalue weighted by molar-refractivity contribution is 0.103. The number of carbonyl (C=O) groups is 1. The summed E-state index contributed by atoms with van der Waals surface area (Å²) in [5.74, 6) is 1.29. The van der Waals surface area contributed by atoms with E-state index in [0.717, 1.165) is 29.8 Å². The molecule has 1 heterocycles. The Kier molecular flexibility index (Phi) is 6.21. The van der Waals surface area contributed by atoms with Crippen LogP contribution in [0.2, 0.25) is 0 Å². The Balaban J connectivity index is 1.84. The number of anilines is 1. The molecule has 4 heteroatoms. The number of carbonyl (C=O) groups excluding carboxylic acids is 1. The number of pyridine rings is 1. The number of ketones is 1. The summed E-state index contributed by atoms with van der Waals surface area (Å²) in [7, 11) is 0. The van der Waals surface area contributed by atoms with Gasteiger partial charge in [0.25, 0.3) is 0 Å². The standard InChI is InChI=1S/C23H24N2O2/c1-3-14-24-23-20(12-8-15-25-23)22(26)19-11-7-13-21(17(19)2)27-16-18-9-5-4-6-10-18/h4-13,15H,3,14,16H2,1-2H3,(H,24,25). The minimum absolute atomic E-state index is 0.0515. The molecule has 27 heavy (non-hydrogen) atoms. The molecule has 0 unspecified atom stereocenters. The molecule has 0 amide bonds. The minimum Gasteiger partial charge on any atom is -0.489 e. The minimum atomic E-state index is -0.0515. The molecule has 4 nitrogen and oxygen atoms in total. The van der Waals surface area contributed by atoms with Gasteiger partial charge in [-0.3, -0.25) is 4.79 Å². The fourth-order valence-electron chi connectivity index (χ4n) is 2.87. The first-order chi connectivity index (χ1) is 13.2. The van der Waals surface area contributed by atoms with Gasteiger partial charge in [-0.25, -0.2) is 4.98 Å². The van der Waals surface area contributed by atoms with Crippen molar-refractivity contribution in [2.24, 2.45) is 0 Å². The second-order valence-electron chi connectivity index (χ2n) is 6.36. The third-order valence-electron chi connectivity index (χ3n) is 4.36. The van der Waals surface area contributed by atoms with Crippen LogP contribution in [0.25, 0.3) is 0 Å². The number of rotatable bonds is 8. The van der Waals surface area contributed by atoms with E-state index < -0.39 is 0 Å². The zero-order valence-electron chi connectivity index (χ0n) is 15.7. The van der Waals surface area contributed by atoms with E-state index in [1.165, 1.54) is 0 Å². The summed E-state index contributed by atoms with van der Waals surface area (Å²) >= 11 is 0. The maximum Gasteiger partial charge on any atom is 0.197 e. The van der Waals surface area contributed by atoms with Crippen molar-refractivity contribution < 1.29 is 9.53 Å². The SMILES string of the molecule is CCCNc1ncccc1C(=O)c1cccc(OCc2ccccc2)c1C. The Hall–Kier alpha value is -3.14. The number of ether oxygens (including phenoxy) is 1. The second kappa shape index (κ2) is 8.99. The molecule has 3 aromatic rings. The quantitative estimate of drug-likeness (QED) is 0.573. The van der Waals surface area contributed by atoms with E-state index >= 15 is 0 Å². The van der Waals surface area contributed by atoms with E-state index in [4.69, 9.17) is 4.74 Å². The zero-order chi connectivity index (χ0) is 19.1. The van der Waals surface area contributed by atoms with Crippen molar-refractivity contribution >= 4 is 11.6 Å². The summed E-state index contributed by atoms with van der Waals surface area (Å²) in [5, 5.41) is 3.23. The van der Waals surface area contributed by atoms with Gasteiger partial charge < -0.3 is 10.1 Å². The fourth-order valence-corrected chi connectivity index (χ4v) is 2.87. The van der Waals surface area contributed by atoms with Crippen molar-refractivity contribution in [2.75, 3.05) is 11.9 Å². The lowest BCUT2D eigenvalue weighted by Crippen LogP contribution is -2.11. The normalized spacial score (nSPS) is 10.4. The maximum absolute atomic E-state index is 13.1. The number of hydrogen-bond acceptors (Lipinski definition) is 4. The predicted molar refractivity (Wildman–Crippen MR) is 108 cm³/mol. The Morgan fingerprint density at radius 2 is 1.78 bits per heavy atom. The van der Waals surface area contributed by atoms with E-state index in [1.807, 2.05) is 61.5 Å². The first-order valence-electron chi connectivity index (χ1n) is 9.20. The highest BCUT2D eigenvalue weighted by atomic mass is 16.5. The van der Waals surface area contributed by atoms with Crippen molar-refractivity contribution in [1.82, 2.24) is 4.98 Å². The summed E-state index contributed by atoms with van der Waals surface area (Å²) in [6.07, 6.45) is 2.66. The Bertz CT molecular complexity index is 907. The molecule has 0 radical (unpaired) electrons. The molecule has 0 bridgehead atoms. The molecule has 0 spiro atoms. The van der Waals surface area contributed by atoms with Gasteiger partial charge in [0.15, 0.2) is 5.78 Å². The first-order valence-corrected chi connectivity index (χ1v) is 9.20. The van der Waals surface area contributed by atoms with Gasteiger partial charge >= 0.3 is 0 Å². The molecule has 0 atom stereocenters. The van der Waals surface area contributed by atoms with Crippen LogP contribution in [0.1, 0.15) is 40.4 Å². The van der Waals surface area contributed by atoms with Crippen molar-refractivity contribution in [3.05, 3.63) is 89.1 Å². The van der Waals surface area contributed by atoms with Crippen molar-refractivity contribution in [3.8, 4) is 5.75 Å². The van der Waals surface area contributed by atoms with Gasteiger partial charge in [-0.1, -0.05) is 49.4 Å². The lowest BCUT2D eigenvalue weighted by atomic mass is 9.98. The van der Waals surface area contributed by atoms with Gasteiger partial charge in [0, 0.05) is 23.9 Å². The molecule has 0 saturated carbocycles. The van der Waals surface area contributed by atoms with Gasteiger partial charge in [0.05, 0.1) is 5.56 Å². The van der Waals surface area contributed by atoms with Gasteiger partial charge in [-0.15, -0.1) is 0 Å². The third kappa shape index (κ3) is 4.53. The van der Waals surface area contributed by atoms with Crippen LogP contribution >= 0.6 is 0 Å². The van der Waals surface area contributed by atoms with Crippen molar-refractivity contribution in [2.45, 2.75) is 26.9 Å². The van der Waals surface area contributed by atoms with Crippen LogP contribution in [0, 0.1) is 6.92 Å². The summed E-state index contributed by atoms with van der Waals surface area (Å²) < 4.78 is 5.96. The average Bonchev–Trinajstić information content (AvgIpc) is 2.72. The molecule has 0 fully saturated rings. The highest BCUT2D eigenvalue weighted by Gasteiger charge is 2.18. The number of hydrogen-bond donors (Lipinski definition) is 1. The van der Waals surface area contributed by atoms with Crippen LogP contribution in [0.3, 0.4) is 0 Å². The van der Waals surface area contributed by atoms with Crippen LogP contribution in [-0.4, -0.2) is 17.3 Å². The van der Waals surface area contributed by atoms with E-state index in [1.54, 1.807) is 12.3 Å². The molecule has 2 aromatic carbocycles. The van der Waals surface area contributed by atoms with Crippen LogP contribution in [0.4, 0.5) is 5.82 Å². The number of nitrogens with one attached hydrogen (secondary N) is 1. The lowest BCUT2D eigenvalue weighted by Gasteiger charge is -2.14. The Morgan fingerprint density at radius 3 is 2.56 bits per heavy atom. The van der Waals surface area contributed by atoms with Gasteiger partial charge in [-0.2, -0.15) is 0 Å². The molecule has 1 aromatic heterocycles. The molecular weight excluding hydrogens is 336 g/mol. The number of aromatic nitrogens is 1. The smallest absolute Gasteiger partial charge is 0.197 e. The molecule has 1 N–H and O–H groups in total. The maximum atomic E-state index is 13.1. The fraction of sp³-hybridized carbons (Fsp3) is 0.217. The summed E-state index contributed by atoms with van der Waals surface area (Å²) in [4.78, 5) is 17.5. The van der Waals surface area contributed by atoms with Crippen LogP contribution in [-0.2, 0) is 6.61 Å². The Morgan fingerprint density at radius 1 is 1.00 bits per heavy atom. The molecule has 3 rings (SSSR count). The summed E-state index contributed by atoms with van der Waals surface area (Å²) in [6, 6.07) is 19.2. The van der Waals surface area contributed by atoms with Gasteiger partial charge in [-0.05, 0) is 37.1 Å². The first kappa shape index (κ1) is 18.6. The average molecular weight is 360 g/mol. The summed E-state index contributed by atoms with van der Waals surface area (Å²) in [5.41, 5.74) is 3.14. The predicted octanol–water partition coefficient (Wildman–Crippen LogP) is 5.02. The highest BCUT2D eigenvalue weighted by Crippen LogP contribution is 2.26. The molecule has 0 saturated heterocycles. The highest BCUT2D eigenvalue weighted by molar-refractivity contribution is 6.12. The molecule has 0 aliphatic heterocycles. The van der Waals surface area contributed by atoms with Crippen LogP contribution in [0.15, 0.2) is 66.9 Å². The van der Waals surface area contributed by atoms with E-state index in [9.17, 15) is 4.79 Å². The van der Waals surface area contributed by atoms with E-state index in [2.05, 4.69) is 17.2 Å². The number of nitrogens with zero attached hydrogens (tertiary/aromatic N) is 1. The monoisotopic (exact) mass is 360 g/mol. The molecule has 0 aliphatic rings. The summed E-state index contributed by atoms with van der Waals surface area (Å²) in [6.45, 7) is 5.24. The molecular formula is C23H24N2O2. The van der Waals surface area contributed by atoms with Crippen molar-refractivity contribution in [1.29, 1.82) is 0 Å². The van der Waals surface area contributed by atoms with Gasteiger partial charge in [0.1, 0.15) is 18.2 Å².